The molecule has 0 radical (unpaired) electrons. The van der Waals surface area contributed by atoms with Crippen molar-refractivity contribution in [1.82, 2.24) is 0 Å². The molecule has 0 amide bonds. The highest BCUT2D eigenvalue weighted by Gasteiger charge is 2.03. The van der Waals surface area contributed by atoms with E-state index < -0.39 is 0 Å². The summed E-state index contributed by atoms with van der Waals surface area (Å²) in [5, 5.41) is 0.653. The third-order valence-corrected chi connectivity index (χ3v) is 1.74. The van der Waals surface area contributed by atoms with E-state index in [9.17, 15) is 4.79 Å². The highest BCUT2D eigenvalue weighted by molar-refractivity contribution is 9.08. The van der Waals surface area contributed by atoms with Crippen molar-refractivity contribution >= 4 is 21.7 Å². The normalized spacial score (nSPS) is 9.80. The van der Waals surface area contributed by atoms with Crippen molar-refractivity contribution in [3.63, 3.8) is 0 Å². The van der Waals surface area contributed by atoms with Crippen LogP contribution in [0, 0.1) is 0 Å². The van der Waals surface area contributed by atoms with E-state index in [1.54, 1.807) is 6.07 Å². The predicted octanol–water partition coefficient (Wildman–Crippen LogP) is 2.38. The first kappa shape index (κ1) is 7.54. The van der Waals surface area contributed by atoms with Crippen LogP contribution >= 0.6 is 15.9 Å². The van der Waals surface area contributed by atoms with Gasteiger partial charge in [-0.15, -0.1) is 0 Å². The molecule has 1 rings (SSSR count). The van der Waals surface area contributed by atoms with Crippen LogP contribution in [0.1, 0.15) is 23.0 Å². The van der Waals surface area contributed by atoms with E-state index >= 15 is 0 Å². The SMILES string of the molecule is CC(=O)c1coc(CBr)c1. The zero-order chi connectivity index (χ0) is 7.56. The number of hydrogen-bond acceptors (Lipinski definition) is 2. The van der Waals surface area contributed by atoms with Gasteiger partial charge in [0.1, 0.15) is 12.0 Å². The van der Waals surface area contributed by atoms with Crippen LogP contribution in [0.25, 0.3) is 0 Å². The highest BCUT2D eigenvalue weighted by atomic mass is 79.9. The smallest absolute Gasteiger partial charge is 0.163 e. The number of halogens is 1. The first-order chi connectivity index (χ1) is 4.74. The predicted molar refractivity (Wildman–Crippen MR) is 41.3 cm³/mol. The molecule has 1 aromatic rings. The van der Waals surface area contributed by atoms with Crippen molar-refractivity contribution in [2.45, 2.75) is 12.3 Å². The van der Waals surface area contributed by atoms with Gasteiger partial charge in [-0.3, -0.25) is 4.79 Å². The van der Waals surface area contributed by atoms with Gasteiger partial charge in [0.2, 0.25) is 0 Å². The van der Waals surface area contributed by atoms with Gasteiger partial charge in [-0.2, -0.15) is 0 Å². The maximum Gasteiger partial charge on any atom is 0.163 e. The summed E-state index contributed by atoms with van der Waals surface area (Å²) < 4.78 is 5.01. The Labute approximate surface area is 67.3 Å². The monoisotopic (exact) mass is 202 g/mol. The molecule has 10 heavy (non-hydrogen) atoms. The summed E-state index contributed by atoms with van der Waals surface area (Å²) in [5.74, 6) is 0.821. The molecule has 3 heteroatoms. The van der Waals surface area contributed by atoms with Crippen molar-refractivity contribution in [1.29, 1.82) is 0 Å². The number of carbonyl (C=O) groups excluding carboxylic acids is 1. The van der Waals surface area contributed by atoms with Gasteiger partial charge in [-0.05, 0) is 13.0 Å². The Morgan fingerprint density at radius 1 is 1.80 bits per heavy atom. The van der Waals surface area contributed by atoms with E-state index in [0.717, 1.165) is 5.76 Å². The van der Waals surface area contributed by atoms with Gasteiger partial charge in [0.05, 0.1) is 10.9 Å². The molecule has 54 valence electrons. The van der Waals surface area contributed by atoms with Gasteiger partial charge in [-0.1, -0.05) is 15.9 Å². The second-order valence-electron chi connectivity index (χ2n) is 1.99. The summed E-state index contributed by atoms with van der Waals surface area (Å²) in [7, 11) is 0. The summed E-state index contributed by atoms with van der Waals surface area (Å²) in [6.07, 6.45) is 1.47. The lowest BCUT2D eigenvalue weighted by molar-refractivity contribution is 0.101. The fourth-order valence-corrected chi connectivity index (χ4v) is 0.929. The Hall–Kier alpha value is -0.570. The zero-order valence-corrected chi connectivity index (χ0v) is 7.14. The summed E-state index contributed by atoms with van der Waals surface area (Å²) >= 11 is 3.21. The lowest BCUT2D eigenvalue weighted by Crippen LogP contribution is -1.86. The Balaban J connectivity index is 2.88. The topological polar surface area (TPSA) is 30.2 Å². The molecule has 0 unspecified atom stereocenters. The minimum Gasteiger partial charge on any atom is -0.468 e. The van der Waals surface area contributed by atoms with Crippen LogP contribution in [0.3, 0.4) is 0 Å². The van der Waals surface area contributed by atoms with Crippen LogP contribution < -0.4 is 0 Å². The van der Waals surface area contributed by atoms with Crippen LogP contribution in [0.4, 0.5) is 0 Å². The van der Waals surface area contributed by atoms with Gasteiger partial charge in [0.15, 0.2) is 5.78 Å². The Morgan fingerprint density at radius 2 is 2.50 bits per heavy atom. The van der Waals surface area contributed by atoms with Gasteiger partial charge >= 0.3 is 0 Å². The highest BCUT2D eigenvalue weighted by Crippen LogP contribution is 2.10. The van der Waals surface area contributed by atoms with Crippen molar-refractivity contribution < 1.29 is 9.21 Å². The van der Waals surface area contributed by atoms with Crippen molar-refractivity contribution in [2.24, 2.45) is 0 Å². The maximum atomic E-state index is 10.7. The standard InChI is InChI=1S/C7H7BrO2/c1-5(9)6-2-7(3-8)10-4-6/h2,4H,3H2,1H3. The third kappa shape index (κ3) is 1.48. The van der Waals surface area contributed by atoms with Gasteiger partial charge in [0, 0.05) is 0 Å². The first-order valence-corrected chi connectivity index (χ1v) is 4.00. The van der Waals surface area contributed by atoms with E-state index in [1.807, 2.05) is 0 Å². The lowest BCUT2D eigenvalue weighted by Gasteiger charge is -1.80. The van der Waals surface area contributed by atoms with Crippen LogP contribution in [0.5, 0.6) is 0 Å². The minimum atomic E-state index is 0.0379. The lowest BCUT2D eigenvalue weighted by atomic mass is 10.2. The van der Waals surface area contributed by atoms with Gasteiger partial charge in [0.25, 0.3) is 0 Å². The molecular formula is C7H7BrO2. The second kappa shape index (κ2) is 3.01. The zero-order valence-electron chi connectivity index (χ0n) is 5.56. The van der Waals surface area contributed by atoms with E-state index in [4.69, 9.17) is 4.42 Å². The van der Waals surface area contributed by atoms with E-state index in [-0.39, 0.29) is 5.78 Å². The van der Waals surface area contributed by atoms with Crippen molar-refractivity contribution in [2.75, 3.05) is 0 Å². The molecule has 0 aromatic carbocycles. The molecule has 0 aliphatic rings. The molecular weight excluding hydrogens is 196 g/mol. The first-order valence-electron chi connectivity index (χ1n) is 2.88. The number of alkyl halides is 1. The molecule has 0 fully saturated rings. The average molecular weight is 203 g/mol. The number of furan rings is 1. The molecule has 0 aliphatic heterocycles. The Kier molecular flexibility index (Phi) is 2.27. The summed E-state index contributed by atoms with van der Waals surface area (Å²) in [6, 6.07) is 1.73. The maximum absolute atomic E-state index is 10.7. The summed E-state index contributed by atoms with van der Waals surface area (Å²) in [6.45, 7) is 1.52. The molecule has 0 aliphatic carbocycles. The fourth-order valence-electron chi connectivity index (χ4n) is 0.635. The molecule has 2 nitrogen and oxygen atoms in total. The number of ketones is 1. The number of hydrogen-bond donors (Lipinski definition) is 0. The second-order valence-corrected chi connectivity index (χ2v) is 2.55. The quantitative estimate of drug-likeness (QED) is 0.545. The van der Waals surface area contributed by atoms with E-state index in [1.165, 1.54) is 13.2 Å². The van der Waals surface area contributed by atoms with Gasteiger partial charge < -0.3 is 4.42 Å². The number of carbonyl (C=O) groups is 1. The number of Topliss-reactive ketones (excluding diaryl/α,β-unsaturated/α-hetero) is 1. The van der Waals surface area contributed by atoms with Crippen molar-refractivity contribution in [3.05, 3.63) is 23.7 Å². The molecule has 0 bridgehead atoms. The molecule has 0 saturated heterocycles. The Morgan fingerprint density at radius 3 is 2.80 bits per heavy atom. The minimum absolute atomic E-state index is 0.0379. The van der Waals surface area contributed by atoms with Crippen LogP contribution in [0.15, 0.2) is 16.7 Å². The molecule has 0 saturated carbocycles. The largest absolute Gasteiger partial charge is 0.468 e. The van der Waals surface area contributed by atoms with Crippen LogP contribution in [-0.2, 0) is 5.33 Å². The molecule has 1 aromatic heterocycles. The average Bonchev–Trinajstić information content (AvgIpc) is 2.34. The molecule has 0 atom stereocenters. The molecule has 1 heterocycles. The number of rotatable bonds is 2. The van der Waals surface area contributed by atoms with E-state index in [2.05, 4.69) is 15.9 Å². The van der Waals surface area contributed by atoms with Crippen molar-refractivity contribution in [3.8, 4) is 0 Å². The Bertz CT molecular complexity index is 240. The van der Waals surface area contributed by atoms with Crippen LogP contribution in [-0.4, -0.2) is 5.78 Å². The molecule has 0 spiro atoms. The molecule has 0 N–H and O–H groups in total. The third-order valence-electron chi connectivity index (χ3n) is 1.19. The van der Waals surface area contributed by atoms with E-state index in [0.29, 0.717) is 10.9 Å². The van der Waals surface area contributed by atoms with Gasteiger partial charge in [-0.25, -0.2) is 0 Å². The fraction of sp³-hybridized carbons (Fsp3) is 0.286. The summed E-state index contributed by atoms with van der Waals surface area (Å²) in [4.78, 5) is 10.7. The van der Waals surface area contributed by atoms with Crippen LogP contribution in [0.2, 0.25) is 0 Å². The summed E-state index contributed by atoms with van der Waals surface area (Å²) in [5.41, 5.74) is 0.634.